The van der Waals surface area contributed by atoms with Crippen LogP contribution in [0.15, 0.2) is 18.2 Å². The summed E-state index contributed by atoms with van der Waals surface area (Å²) in [5.41, 5.74) is 2.19. The van der Waals surface area contributed by atoms with Gasteiger partial charge in [-0.3, -0.25) is 4.79 Å². The lowest BCUT2D eigenvalue weighted by molar-refractivity contribution is -0.116. The standard InChI is InChI=1S/C16H19NO3S2/c18-15(4-2-1-3-13-7-8-21-22-13)17-12-5-6-14-11(9-12)10-20-16(14)19/h5-6,9,13H,1-4,7-8,10H2,(H,17,18). The van der Waals surface area contributed by atoms with E-state index >= 15 is 0 Å². The fraction of sp³-hybridized carbons (Fsp3) is 0.500. The molecule has 2 aliphatic rings. The van der Waals surface area contributed by atoms with Crippen molar-refractivity contribution in [3.63, 3.8) is 0 Å². The minimum Gasteiger partial charge on any atom is -0.457 e. The molecule has 6 heteroatoms. The number of rotatable bonds is 6. The van der Waals surface area contributed by atoms with Crippen molar-refractivity contribution in [2.45, 2.75) is 44.0 Å². The SMILES string of the molecule is O=C(CCCCC1CCSS1)Nc1ccc2c(c1)COC2=O. The average molecular weight is 337 g/mol. The summed E-state index contributed by atoms with van der Waals surface area (Å²) in [6.07, 6.45) is 5.11. The molecule has 1 saturated heterocycles. The number of nitrogens with one attached hydrogen (secondary N) is 1. The van der Waals surface area contributed by atoms with Crippen LogP contribution in [0.3, 0.4) is 0 Å². The third-order valence-corrected chi connectivity index (χ3v) is 6.88. The molecule has 0 aliphatic carbocycles. The summed E-state index contributed by atoms with van der Waals surface area (Å²) in [5, 5.41) is 3.68. The Morgan fingerprint density at radius 2 is 2.27 bits per heavy atom. The van der Waals surface area contributed by atoms with Gasteiger partial charge < -0.3 is 10.1 Å². The monoisotopic (exact) mass is 337 g/mol. The van der Waals surface area contributed by atoms with Crippen LogP contribution in [0.4, 0.5) is 5.69 Å². The number of carbonyl (C=O) groups is 2. The Labute approximate surface area is 138 Å². The van der Waals surface area contributed by atoms with Gasteiger partial charge in [-0.05, 0) is 37.5 Å². The number of cyclic esters (lactones) is 1. The van der Waals surface area contributed by atoms with Gasteiger partial charge in [0.2, 0.25) is 5.91 Å². The van der Waals surface area contributed by atoms with Crippen LogP contribution >= 0.6 is 21.6 Å². The van der Waals surface area contributed by atoms with E-state index in [9.17, 15) is 9.59 Å². The van der Waals surface area contributed by atoms with E-state index in [0.717, 1.165) is 29.3 Å². The first-order chi connectivity index (χ1) is 10.7. The summed E-state index contributed by atoms with van der Waals surface area (Å²) < 4.78 is 4.96. The molecule has 1 atom stereocenters. The Morgan fingerprint density at radius 3 is 3.09 bits per heavy atom. The number of anilines is 1. The van der Waals surface area contributed by atoms with E-state index in [1.54, 1.807) is 12.1 Å². The number of hydrogen-bond donors (Lipinski definition) is 1. The third kappa shape index (κ3) is 3.98. The summed E-state index contributed by atoms with van der Waals surface area (Å²) >= 11 is 0. The molecular formula is C16H19NO3S2. The van der Waals surface area contributed by atoms with Crippen LogP contribution in [0.25, 0.3) is 0 Å². The maximum atomic E-state index is 12.0. The van der Waals surface area contributed by atoms with Gasteiger partial charge in [-0.25, -0.2) is 4.79 Å². The molecule has 1 N–H and O–H groups in total. The van der Waals surface area contributed by atoms with E-state index < -0.39 is 0 Å². The summed E-state index contributed by atoms with van der Waals surface area (Å²) in [4.78, 5) is 23.3. The molecule has 1 aromatic carbocycles. The molecule has 1 unspecified atom stereocenters. The van der Waals surface area contributed by atoms with Gasteiger partial charge in [-0.1, -0.05) is 28.0 Å². The Morgan fingerprint density at radius 1 is 1.36 bits per heavy atom. The normalized spacial score (nSPS) is 19.8. The third-order valence-electron chi connectivity index (χ3n) is 3.87. The molecule has 0 aromatic heterocycles. The highest BCUT2D eigenvalue weighted by Crippen LogP contribution is 2.39. The molecule has 3 rings (SSSR count). The second kappa shape index (κ2) is 7.42. The lowest BCUT2D eigenvalue weighted by Crippen LogP contribution is -2.11. The minimum atomic E-state index is -0.282. The molecular weight excluding hydrogens is 318 g/mol. The molecule has 1 aromatic rings. The molecule has 22 heavy (non-hydrogen) atoms. The lowest BCUT2D eigenvalue weighted by Gasteiger charge is -2.08. The predicted octanol–water partition coefficient (Wildman–Crippen LogP) is 4.01. The van der Waals surface area contributed by atoms with Crippen molar-refractivity contribution in [1.29, 1.82) is 0 Å². The van der Waals surface area contributed by atoms with E-state index in [1.165, 1.54) is 18.6 Å². The Bertz CT molecular complexity index is 571. The van der Waals surface area contributed by atoms with Crippen molar-refractivity contribution in [3.8, 4) is 0 Å². The van der Waals surface area contributed by atoms with Gasteiger partial charge in [-0.15, -0.1) is 0 Å². The van der Waals surface area contributed by atoms with Crippen LogP contribution in [0, 0.1) is 0 Å². The molecule has 1 fully saturated rings. The Balaban J connectivity index is 1.41. The largest absolute Gasteiger partial charge is 0.457 e. The van der Waals surface area contributed by atoms with E-state index in [0.29, 0.717) is 18.6 Å². The van der Waals surface area contributed by atoms with Crippen molar-refractivity contribution < 1.29 is 14.3 Å². The molecule has 0 bridgehead atoms. The molecule has 4 nitrogen and oxygen atoms in total. The van der Waals surface area contributed by atoms with E-state index in [-0.39, 0.29) is 11.9 Å². The van der Waals surface area contributed by atoms with Crippen LogP contribution in [-0.2, 0) is 16.1 Å². The first-order valence-corrected chi connectivity index (χ1v) is 9.99. The van der Waals surface area contributed by atoms with E-state index in [4.69, 9.17) is 4.74 Å². The van der Waals surface area contributed by atoms with Gasteiger partial charge >= 0.3 is 5.97 Å². The number of fused-ring (bicyclic) bond motifs is 1. The van der Waals surface area contributed by atoms with Crippen LogP contribution in [-0.4, -0.2) is 22.9 Å². The highest BCUT2D eigenvalue weighted by molar-refractivity contribution is 8.77. The maximum Gasteiger partial charge on any atom is 0.338 e. The van der Waals surface area contributed by atoms with Gasteiger partial charge in [0.15, 0.2) is 0 Å². The van der Waals surface area contributed by atoms with Crippen molar-refractivity contribution in [3.05, 3.63) is 29.3 Å². The maximum absolute atomic E-state index is 12.0. The topological polar surface area (TPSA) is 55.4 Å². The van der Waals surface area contributed by atoms with Crippen molar-refractivity contribution in [2.75, 3.05) is 11.1 Å². The number of unbranched alkanes of at least 4 members (excludes halogenated alkanes) is 1. The second-order valence-corrected chi connectivity index (χ2v) is 8.36. The van der Waals surface area contributed by atoms with Gasteiger partial charge in [0.1, 0.15) is 6.61 Å². The van der Waals surface area contributed by atoms with Crippen LogP contribution in [0.5, 0.6) is 0 Å². The first kappa shape index (κ1) is 15.7. The zero-order chi connectivity index (χ0) is 15.4. The fourth-order valence-electron chi connectivity index (χ4n) is 2.66. The number of ether oxygens (including phenoxy) is 1. The second-order valence-electron chi connectivity index (χ2n) is 5.57. The molecule has 0 radical (unpaired) electrons. The van der Waals surface area contributed by atoms with Crippen LogP contribution in [0.1, 0.15) is 48.0 Å². The highest BCUT2D eigenvalue weighted by atomic mass is 33.1. The van der Waals surface area contributed by atoms with Crippen molar-refractivity contribution in [2.24, 2.45) is 0 Å². The first-order valence-electron chi connectivity index (χ1n) is 7.60. The number of carbonyl (C=O) groups excluding carboxylic acids is 2. The smallest absolute Gasteiger partial charge is 0.338 e. The molecule has 0 saturated carbocycles. The van der Waals surface area contributed by atoms with Crippen molar-refractivity contribution in [1.82, 2.24) is 0 Å². The number of amides is 1. The molecule has 2 heterocycles. The quantitative estimate of drug-likeness (QED) is 0.483. The van der Waals surface area contributed by atoms with E-state index in [2.05, 4.69) is 5.32 Å². The Kier molecular flexibility index (Phi) is 5.31. The average Bonchev–Trinajstić information content (AvgIpc) is 3.14. The highest BCUT2D eigenvalue weighted by Gasteiger charge is 2.21. The van der Waals surface area contributed by atoms with Gasteiger partial charge in [-0.2, -0.15) is 0 Å². The van der Waals surface area contributed by atoms with Crippen LogP contribution < -0.4 is 5.32 Å². The minimum absolute atomic E-state index is 0.0404. The van der Waals surface area contributed by atoms with Gasteiger partial charge in [0, 0.05) is 28.7 Å². The zero-order valence-electron chi connectivity index (χ0n) is 12.3. The fourth-order valence-corrected chi connectivity index (χ4v) is 5.68. The van der Waals surface area contributed by atoms with Gasteiger partial charge in [0.05, 0.1) is 5.56 Å². The molecule has 1 amide bonds. The molecule has 2 aliphatic heterocycles. The summed E-state index contributed by atoms with van der Waals surface area (Å²) in [6.45, 7) is 0.301. The lowest BCUT2D eigenvalue weighted by atomic mass is 10.1. The molecule has 118 valence electrons. The number of benzene rings is 1. The van der Waals surface area contributed by atoms with Crippen LogP contribution in [0.2, 0.25) is 0 Å². The summed E-state index contributed by atoms with van der Waals surface area (Å²) in [7, 11) is 3.95. The van der Waals surface area contributed by atoms with E-state index in [1.807, 2.05) is 27.7 Å². The summed E-state index contributed by atoms with van der Waals surface area (Å²) in [6, 6.07) is 5.30. The van der Waals surface area contributed by atoms with Crippen molar-refractivity contribution >= 4 is 39.2 Å². The van der Waals surface area contributed by atoms with Gasteiger partial charge in [0.25, 0.3) is 0 Å². The summed E-state index contributed by atoms with van der Waals surface area (Å²) in [5.74, 6) is 1.02. The number of hydrogen-bond acceptors (Lipinski definition) is 5. The predicted molar refractivity (Wildman–Crippen MR) is 91.1 cm³/mol. The molecule has 0 spiro atoms. The zero-order valence-corrected chi connectivity index (χ0v) is 13.9. The number of esters is 1. The Hall–Kier alpha value is -1.14.